The number of aliphatic hydroxyl groups is 3. The predicted molar refractivity (Wildman–Crippen MR) is 132 cm³/mol. The average Bonchev–Trinajstić information content (AvgIpc) is 2.94. The second-order valence-corrected chi connectivity index (χ2v) is 6.58. The molecule has 15 nitrogen and oxygen atoms in total. The maximum absolute atomic E-state index is 11.9. The van der Waals surface area contributed by atoms with Crippen LogP contribution >= 0.6 is 0 Å². The lowest BCUT2D eigenvalue weighted by molar-refractivity contribution is -0.153. The number of hydrogen-bond acceptors (Lipinski definition) is 15. The molecule has 0 spiro atoms. The average molecular weight is 563 g/mol. The number of carbonyl (C=O) groups is 5. The van der Waals surface area contributed by atoms with E-state index in [1.54, 1.807) is 12.1 Å². The summed E-state index contributed by atoms with van der Waals surface area (Å²) in [5.74, 6) is -3.19. The van der Waals surface area contributed by atoms with Crippen LogP contribution in [0.15, 0.2) is 12.7 Å². The smallest absolute Gasteiger partial charge is 0.330 e. The van der Waals surface area contributed by atoms with E-state index in [-0.39, 0.29) is 79.2 Å². The van der Waals surface area contributed by atoms with E-state index >= 15 is 0 Å². The first kappa shape index (κ1) is 42.1. The van der Waals surface area contributed by atoms with Crippen LogP contribution in [0.3, 0.4) is 0 Å². The lowest BCUT2D eigenvalue weighted by Crippen LogP contribution is -2.33. The third-order valence-electron chi connectivity index (χ3n) is 3.96. The monoisotopic (exact) mass is 562 g/mol. The number of carbonyl (C=O) groups excluding carboxylic acids is 5. The minimum absolute atomic E-state index is 0. The molecule has 0 aliphatic carbocycles. The standard InChI is InChI=1S/C14H21NO8.C5H8O3.C4H5NO2.CH4/c1-21-13(20)14(10-15,4-2-11(18)22-8-6-16)5-3-12(19)23-9-7-17;1-2-5(7)8-4-3-6;1-7-4(6)2-3-5;/h16-17H,2-9H2,1H3;2,6H,1,3-4H2;2H2,1H3;1H4. The molecule has 0 unspecified atom stereocenters. The molecule has 0 aromatic heterocycles. The van der Waals surface area contributed by atoms with Gasteiger partial charge in [0.1, 0.15) is 26.2 Å². The minimum Gasteiger partial charge on any atom is -0.468 e. The van der Waals surface area contributed by atoms with Gasteiger partial charge in [0.2, 0.25) is 0 Å². The topological polar surface area (TPSA) is 240 Å². The van der Waals surface area contributed by atoms with Gasteiger partial charge in [-0.3, -0.25) is 19.2 Å². The molecule has 0 aromatic rings. The van der Waals surface area contributed by atoms with Gasteiger partial charge in [0.25, 0.3) is 0 Å². The molecule has 0 saturated carbocycles. The van der Waals surface area contributed by atoms with Crippen LogP contribution < -0.4 is 0 Å². The van der Waals surface area contributed by atoms with Gasteiger partial charge in [0, 0.05) is 18.9 Å². The Morgan fingerprint density at radius 2 is 1.23 bits per heavy atom. The number of esters is 5. The molecule has 0 amide bonds. The van der Waals surface area contributed by atoms with Crippen molar-refractivity contribution in [2.24, 2.45) is 5.41 Å². The quantitative estimate of drug-likeness (QED) is 0.132. The van der Waals surface area contributed by atoms with Crippen LogP contribution in [0.1, 0.15) is 39.5 Å². The summed E-state index contributed by atoms with van der Waals surface area (Å²) >= 11 is 0. The molecular formula is C24H38N2O13. The van der Waals surface area contributed by atoms with Crippen LogP contribution in [-0.4, -0.2) is 99.0 Å². The van der Waals surface area contributed by atoms with Gasteiger partial charge in [-0.25, -0.2) is 4.79 Å². The molecule has 0 atom stereocenters. The van der Waals surface area contributed by atoms with Crippen molar-refractivity contribution < 1.29 is 63.0 Å². The van der Waals surface area contributed by atoms with Crippen molar-refractivity contribution >= 4 is 29.8 Å². The summed E-state index contributed by atoms with van der Waals surface area (Å²) in [6.07, 6.45) is 0.0380. The molecule has 0 aromatic carbocycles. The number of aliphatic hydroxyl groups excluding tert-OH is 3. The number of nitrogens with zero attached hydrogens (tertiary/aromatic N) is 2. The van der Waals surface area contributed by atoms with Gasteiger partial charge in [0.15, 0.2) is 5.41 Å². The molecule has 0 saturated heterocycles. The highest BCUT2D eigenvalue weighted by molar-refractivity contribution is 5.82. The maximum Gasteiger partial charge on any atom is 0.330 e. The Labute approximate surface area is 227 Å². The van der Waals surface area contributed by atoms with Crippen LogP contribution in [0.25, 0.3) is 0 Å². The predicted octanol–water partition coefficient (Wildman–Crippen LogP) is -0.282. The van der Waals surface area contributed by atoms with Crippen molar-refractivity contribution in [3.05, 3.63) is 12.7 Å². The molecule has 0 aliphatic rings. The zero-order valence-electron chi connectivity index (χ0n) is 21.4. The zero-order chi connectivity index (χ0) is 29.8. The van der Waals surface area contributed by atoms with Crippen LogP contribution in [-0.2, 0) is 47.7 Å². The Balaban J connectivity index is -0.000000313. The molecule has 39 heavy (non-hydrogen) atoms. The van der Waals surface area contributed by atoms with Gasteiger partial charge in [-0.05, 0) is 12.8 Å². The number of hydrogen-bond donors (Lipinski definition) is 3. The van der Waals surface area contributed by atoms with E-state index in [9.17, 15) is 29.2 Å². The summed E-state index contributed by atoms with van der Waals surface area (Å²) in [4.78, 5) is 54.9. The molecular weight excluding hydrogens is 524 g/mol. The Morgan fingerprint density at radius 1 is 0.795 bits per heavy atom. The summed E-state index contributed by atoms with van der Waals surface area (Å²) in [5.41, 5.74) is -1.68. The fourth-order valence-electron chi connectivity index (χ4n) is 2.12. The van der Waals surface area contributed by atoms with Gasteiger partial charge in [-0.15, -0.1) is 0 Å². The molecule has 0 bridgehead atoms. The third-order valence-corrected chi connectivity index (χ3v) is 3.96. The van der Waals surface area contributed by atoms with Gasteiger partial charge in [-0.1, -0.05) is 14.0 Å². The highest BCUT2D eigenvalue weighted by atomic mass is 16.6. The highest BCUT2D eigenvalue weighted by Crippen LogP contribution is 2.31. The van der Waals surface area contributed by atoms with E-state index in [1.165, 1.54) is 7.11 Å². The first-order valence-electron chi connectivity index (χ1n) is 10.9. The summed E-state index contributed by atoms with van der Waals surface area (Å²) in [6.45, 7) is 2.05. The van der Waals surface area contributed by atoms with Crippen LogP contribution in [0, 0.1) is 28.1 Å². The zero-order valence-corrected chi connectivity index (χ0v) is 21.4. The van der Waals surface area contributed by atoms with E-state index in [1.807, 2.05) is 0 Å². The van der Waals surface area contributed by atoms with E-state index in [0.717, 1.165) is 13.2 Å². The van der Waals surface area contributed by atoms with Crippen LogP contribution in [0.4, 0.5) is 0 Å². The van der Waals surface area contributed by atoms with Gasteiger partial charge in [0.05, 0.1) is 46.2 Å². The maximum atomic E-state index is 11.9. The van der Waals surface area contributed by atoms with Crippen molar-refractivity contribution in [3.63, 3.8) is 0 Å². The van der Waals surface area contributed by atoms with Gasteiger partial charge < -0.3 is 39.0 Å². The molecule has 0 fully saturated rings. The van der Waals surface area contributed by atoms with Gasteiger partial charge in [-0.2, -0.15) is 10.5 Å². The normalized spacial score (nSPS) is 9.10. The molecule has 222 valence electrons. The number of ether oxygens (including phenoxy) is 5. The fraction of sp³-hybridized carbons (Fsp3) is 0.625. The summed E-state index contributed by atoms with van der Waals surface area (Å²) < 4.78 is 22.4. The Kier molecular flexibility index (Phi) is 30.8. The summed E-state index contributed by atoms with van der Waals surface area (Å²) in [5, 5.41) is 42.4. The first-order chi connectivity index (χ1) is 18.1. The largest absolute Gasteiger partial charge is 0.468 e. The van der Waals surface area contributed by atoms with Crippen molar-refractivity contribution in [2.75, 3.05) is 53.9 Å². The van der Waals surface area contributed by atoms with E-state index in [0.29, 0.717) is 0 Å². The Hall–Kier alpha value is -4.05. The number of methoxy groups -OCH3 is 2. The molecule has 0 rings (SSSR count). The molecule has 15 heteroatoms. The summed E-state index contributed by atoms with van der Waals surface area (Å²) in [7, 11) is 2.35. The third kappa shape index (κ3) is 24.1. The van der Waals surface area contributed by atoms with Crippen molar-refractivity contribution in [1.82, 2.24) is 0 Å². The van der Waals surface area contributed by atoms with Crippen LogP contribution in [0.5, 0.6) is 0 Å². The minimum atomic E-state index is -1.68. The van der Waals surface area contributed by atoms with Crippen LogP contribution in [0.2, 0.25) is 0 Å². The SMILES string of the molecule is C.C=CC(=O)OCCO.COC(=O)C(C#N)(CCC(=O)OCCO)CCC(=O)OCCO.COC(=O)CC#N. The van der Waals surface area contributed by atoms with E-state index in [4.69, 9.17) is 20.6 Å². The Morgan fingerprint density at radius 3 is 1.51 bits per heavy atom. The summed E-state index contributed by atoms with van der Waals surface area (Å²) in [6, 6.07) is 3.44. The van der Waals surface area contributed by atoms with Crippen molar-refractivity contribution in [3.8, 4) is 12.1 Å². The van der Waals surface area contributed by atoms with E-state index < -0.39 is 35.3 Å². The fourth-order valence-corrected chi connectivity index (χ4v) is 2.12. The molecule has 0 aliphatic heterocycles. The second-order valence-electron chi connectivity index (χ2n) is 6.58. The molecule has 0 radical (unpaired) electrons. The molecule has 3 N–H and O–H groups in total. The first-order valence-corrected chi connectivity index (χ1v) is 10.9. The Bertz CT molecular complexity index is 792. The van der Waals surface area contributed by atoms with Gasteiger partial charge >= 0.3 is 29.8 Å². The highest BCUT2D eigenvalue weighted by Gasteiger charge is 2.41. The number of nitriles is 2. The molecule has 0 heterocycles. The van der Waals surface area contributed by atoms with Crippen molar-refractivity contribution in [1.29, 1.82) is 10.5 Å². The van der Waals surface area contributed by atoms with E-state index in [2.05, 4.69) is 30.3 Å². The lowest BCUT2D eigenvalue weighted by atomic mass is 9.80. The lowest BCUT2D eigenvalue weighted by Gasteiger charge is -2.22. The second kappa shape index (κ2) is 28.5. The number of rotatable bonds is 15. The van der Waals surface area contributed by atoms with Crippen molar-refractivity contribution in [2.45, 2.75) is 39.5 Å².